The van der Waals surface area contributed by atoms with Crippen molar-refractivity contribution in [1.82, 2.24) is 4.57 Å². The zero-order chi connectivity index (χ0) is 14.5. The molecule has 1 heterocycles. The molecule has 1 atom stereocenters. The summed E-state index contributed by atoms with van der Waals surface area (Å²) in [6.45, 7) is 6.48. The number of para-hydroxylation sites is 1. The number of aliphatic hydroxyl groups excluding tert-OH is 1. The molecule has 0 saturated carbocycles. The van der Waals surface area contributed by atoms with Crippen LogP contribution in [-0.2, 0) is 6.42 Å². The number of nitrogens with zero attached hydrogens (tertiary/aromatic N) is 1. The van der Waals surface area contributed by atoms with E-state index in [0.717, 1.165) is 34.7 Å². The molecule has 0 aliphatic heterocycles. The van der Waals surface area contributed by atoms with E-state index in [0.29, 0.717) is 0 Å². The molecule has 1 aromatic carbocycles. The number of hydrogen-bond donors (Lipinski definition) is 1. The fourth-order valence-corrected chi connectivity index (χ4v) is 3.58. The van der Waals surface area contributed by atoms with Gasteiger partial charge in [-0.05, 0) is 42.9 Å². The lowest BCUT2D eigenvalue weighted by atomic mass is 9.75. The molecule has 1 unspecified atom stereocenters. The predicted octanol–water partition coefficient (Wildman–Crippen LogP) is 4.44. The number of aromatic nitrogens is 1. The molecule has 2 aromatic rings. The van der Waals surface area contributed by atoms with Gasteiger partial charge in [0.1, 0.15) is 0 Å². The van der Waals surface area contributed by atoms with Crippen molar-refractivity contribution in [2.75, 3.05) is 0 Å². The Morgan fingerprint density at radius 3 is 2.75 bits per heavy atom. The van der Waals surface area contributed by atoms with Gasteiger partial charge in [0.25, 0.3) is 0 Å². The first-order chi connectivity index (χ1) is 9.39. The molecule has 0 fully saturated rings. The maximum atomic E-state index is 10.3. The normalized spacial score (nSPS) is 20.8. The van der Waals surface area contributed by atoms with Crippen LogP contribution in [0.25, 0.3) is 5.69 Å². The Labute approximate surface area is 125 Å². The molecule has 1 aliphatic carbocycles. The summed E-state index contributed by atoms with van der Waals surface area (Å²) in [4.78, 5) is 0. The third-order valence-corrected chi connectivity index (χ3v) is 4.51. The van der Waals surface area contributed by atoms with Crippen molar-refractivity contribution in [3.63, 3.8) is 0 Å². The number of benzene rings is 1. The van der Waals surface area contributed by atoms with Crippen LogP contribution in [0.5, 0.6) is 0 Å². The van der Waals surface area contributed by atoms with Gasteiger partial charge >= 0.3 is 0 Å². The Bertz CT molecular complexity index is 637. The average molecular weight is 290 g/mol. The van der Waals surface area contributed by atoms with Crippen molar-refractivity contribution in [1.29, 1.82) is 0 Å². The minimum absolute atomic E-state index is 0.109. The van der Waals surface area contributed by atoms with Gasteiger partial charge < -0.3 is 9.67 Å². The van der Waals surface area contributed by atoms with Gasteiger partial charge in [-0.3, -0.25) is 0 Å². The second kappa shape index (κ2) is 4.64. The summed E-state index contributed by atoms with van der Waals surface area (Å²) in [5, 5.41) is 11.1. The van der Waals surface area contributed by atoms with Gasteiger partial charge in [-0.2, -0.15) is 0 Å². The first-order valence-electron chi connectivity index (χ1n) is 7.03. The number of fused-ring (bicyclic) bond motifs is 1. The van der Waals surface area contributed by atoms with E-state index in [1.165, 1.54) is 5.69 Å². The third kappa shape index (κ3) is 2.17. The number of rotatable bonds is 1. The number of halogens is 1. The first-order valence-corrected chi connectivity index (χ1v) is 7.40. The molecule has 106 valence electrons. The Kier molecular flexibility index (Phi) is 3.19. The van der Waals surface area contributed by atoms with Crippen LogP contribution in [-0.4, -0.2) is 9.67 Å². The minimum atomic E-state index is -0.377. The molecule has 1 aliphatic rings. The zero-order valence-electron chi connectivity index (χ0n) is 12.2. The molecule has 0 amide bonds. The van der Waals surface area contributed by atoms with Crippen LogP contribution in [0.3, 0.4) is 0 Å². The van der Waals surface area contributed by atoms with Crippen molar-refractivity contribution in [2.24, 2.45) is 5.41 Å². The molecule has 1 aromatic heterocycles. The quantitative estimate of drug-likeness (QED) is 0.824. The molecule has 0 radical (unpaired) electrons. The van der Waals surface area contributed by atoms with Gasteiger partial charge in [0.05, 0.1) is 16.8 Å². The number of hydrogen-bond acceptors (Lipinski definition) is 1. The van der Waals surface area contributed by atoms with Gasteiger partial charge in [-0.1, -0.05) is 37.6 Å². The van der Waals surface area contributed by atoms with Gasteiger partial charge in [-0.25, -0.2) is 0 Å². The molecule has 3 rings (SSSR count). The molecule has 1 N–H and O–H groups in total. The molecule has 2 nitrogen and oxygen atoms in total. The molecule has 0 spiro atoms. The summed E-state index contributed by atoms with van der Waals surface area (Å²) < 4.78 is 2.15. The van der Waals surface area contributed by atoms with Crippen molar-refractivity contribution in [3.05, 3.63) is 52.3 Å². The van der Waals surface area contributed by atoms with E-state index in [4.69, 9.17) is 11.6 Å². The molecular weight excluding hydrogens is 270 g/mol. The van der Waals surface area contributed by atoms with Crippen molar-refractivity contribution in [3.8, 4) is 5.69 Å². The van der Waals surface area contributed by atoms with Crippen LogP contribution in [0.15, 0.2) is 30.5 Å². The lowest BCUT2D eigenvalue weighted by Crippen LogP contribution is -2.26. The summed E-state index contributed by atoms with van der Waals surface area (Å²) in [6, 6.07) is 7.98. The Hall–Kier alpha value is -1.25. The number of aryl methyl sites for hydroxylation is 1. The lowest BCUT2D eigenvalue weighted by Gasteiger charge is -2.34. The largest absolute Gasteiger partial charge is 0.388 e. The zero-order valence-corrected chi connectivity index (χ0v) is 12.9. The monoisotopic (exact) mass is 289 g/mol. The van der Waals surface area contributed by atoms with Crippen molar-refractivity contribution < 1.29 is 5.11 Å². The van der Waals surface area contributed by atoms with Crippen molar-refractivity contribution >= 4 is 11.6 Å². The molecule has 0 bridgehead atoms. The van der Waals surface area contributed by atoms with E-state index in [1.54, 1.807) is 0 Å². The fraction of sp³-hybridized carbons (Fsp3) is 0.412. The van der Waals surface area contributed by atoms with Crippen LogP contribution in [0.2, 0.25) is 5.02 Å². The SMILES string of the molecule is Cc1cccc(Cl)c1-n1ccc2c1CC(C)(C)CC2O. The van der Waals surface area contributed by atoms with Crippen LogP contribution in [0, 0.1) is 12.3 Å². The molecule has 3 heteroatoms. The first kappa shape index (κ1) is 13.7. The second-order valence-electron chi connectivity index (χ2n) is 6.55. The van der Waals surface area contributed by atoms with Crippen molar-refractivity contribution in [2.45, 2.75) is 39.7 Å². The highest BCUT2D eigenvalue weighted by molar-refractivity contribution is 6.32. The Morgan fingerprint density at radius 2 is 2.05 bits per heavy atom. The van der Waals surface area contributed by atoms with Crippen LogP contribution in [0.1, 0.15) is 43.2 Å². The Balaban J connectivity index is 2.19. The molecular formula is C17H20ClNO. The summed E-state index contributed by atoms with van der Waals surface area (Å²) in [7, 11) is 0. The second-order valence-corrected chi connectivity index (χ2v) is 6.96. The highest BCUT2D eigenvalue weighted by Crippen LogP contribution is 2.42. The maximum absolute atomic E-state index is 10.3. The van der Waals surface area contributed by atoms with E-state index >= 15 is 0 Å². The van der Waals surface area contributed by atoms with Crippen LogP contribution in [0.4, 0.5) is 0 Å². The van der Waals surface area contributed by atoms with E-state index < -0.39 is 0 Å². The smallest absolute Gasteiger partial charge is 0.0812 e. The molecule has 20 heavy (non-hydrogen) atoms. The van der Waals surface area contributed by atoms with Gasteiger partial charge in [-0.15, -0.1) is 0 Å². The topological polar surface area (TPSA) is 25.2 Å². The van der Waals surface area contributed by atoms with Gasteiger partial charge in [0.2, 0.25) is 0 Å². The average Bonchev–Trinajstić information content (AvgIpc) is 2.71. The fourth-order valence-electron chi connectivity index (χ4n) is 3.27. The highest BCUT2D eigenvalue weighted by atomic mass is 35.5. The van der Waals surface area contributed by atoms with E-state index in [1.807, 2.05) is 24.4 Å². The predicted molar refractivity (Wildman–Crippen MR) is 82.6 cm³/mol. The lowest BCUT2D eigenvalue weighted by molar-refractivity contribution is 0.0987. The third-order valence-electron chi connectivity index (χ3n) is 4.21. The number of aliphatic hydroxyl groups is 1. The van der Waals surface area contributed by atoms with Crippen LogP contribution >= 0.6 is 11.6 Å². The summed E-state index contributed by atoms with van der Waals surface area (Å²) in [6.07, 6.45) is 3.42. The van der Waals surface area contributed by atoms with E-state index in [-0.39, 0.29) is 11.5 Å². The minimum Gasteiger partial charge on any atom is -0.388 e. The highest BCUT2D eigenvalue weighted by Gasteiger charge is 2.33. The summed E-state index contributed by atoms with van der Waals surface area (Å²) in [5.74, 6) is 0. The van der Waals surface area contributed by atoms with Crippen LogP contribution < -0.4 is 0 Å². The van der Waals surface area contributed by atoms with E-state index in [2.05, 4.69) is 31.4 Å². The summed E-state index contributed by atoms with van der Waals surface area (Å²) >= 11 is 6.39. The molecule has 0 saturated heterocycles. The summed E-state index contributed by atoms with van der Waals surface area (Å²) in [5.41, 5.74) is 4.51. The van der Waals surface area contributed by atoms with Gasteiger partial charge in [0.15, 0.2) is 0 Å². The van der Waals surface area contributed by atoms with Gasteiger partial charge in [0, 0.05) is 17.5 Å². The Morgan fingerprint density at radius 1 is 1.30 bits per heavy atom. The van der Waals surface area contributed by atoms with E-state index in [9.17, 15) is 5.11 Å². The maximum Gasteiger partial charge on any atom is 0.0812 e. The standard InChI is InChI=1S/C17H20ClNO/c1-11-5-4-6-13(18)16(11)19-8-7-12-14(19)9-17(2,3)10-15(12)20/h4-8,15,20H,9-10H2,1-3H3.